The van der Waals surface area contributed by atoms with Crippen LogP contribution in [0.15, 0.2) is 41.0 Å². The summed E-state index contributed by atoms with van der Waals surface area (Å²) < 4.78 is 0.689. The van der Waals surface area contributed by atoms with Gasteiger partial charge >= 0.3 is 0 Å². The highest BCUT2D eigenvalue weighted by Gasteiger charge is 2.13. The maximum Gasteiger partial charge on any atom is 0.275 e. The van der Waals surface area contributed by atoms with Crippen LogP contribution in [-0.2, 0) is 6.42 Å². The Bertz CT molecular complexity index is 657. The predicted octanol–water partition coefficient (Wildman–Crippen LogP) is 3.45. The molecule has 4 nitrogen and oxygen atoms in total. The van der Waals surface area contributed by atoms with E-state index in [1.54, 1.807) is 18.3 Å². The molecule has 0 radical (unpaired) electrons. The van der Waals surface area contributed by atoms with Gasteiger partial charge < -0.3 is 10.6 Å². The second-order valence-corrected chi connectivity index (χ2v) is 5.54. The van der Waals surface area contributed by atoms with Crippen molar-refractivity contribution >= 4 is 33.2 Å². The molecular weight excluding hydrogens is 318 g/mol. The summed E-state index contributed by atoms with van der Waals surface area (Å²) in [5.74, 6) is -0.215. The number of benzene rings is 1. The number of pyridine rings is 1. The molecule has 0 unspecified atom stereocenters. The minimum Gasteiger partial charge on any atom is -0.385 e. The van der Waals surface area contributed by atoms with Crippen LogP contribution in [0.3, 0.4) is 0 Å². The van der Waals surface area contributed by atoms with Gasteiger partial charge in [-0.25, -0.2) is 4.98 Å². The zero-order chi connectivity index (χ0) is 13.9. The first-order valence-electron chi connectivity index (χ1n) is 6.53. The highest BCUT2D eigenvalue weighted by Crippen LogP contribution is 2.26. The third-order valence-corrected chi connectivity index (χ3v) is 3.92. The number of hydrogen-bond acceptors (Lipinski definition) is 3. The monoisotopic (exact) mass is 331 g/mol. The van der Waals surface area contributed by atoms with E-state index in [2.05, 4.69) is 37.6 Å². The fourth-order valence-corrected chi connectivity index (χ4v) is 2.72. The molecule has 20 heavy (non-hydrogen) atoms. The molecule has 0 spiro atoms. The van der Waals surface area contributed by atoms with Crippen LogP contribution in [0, 0.1) is 0 Å². The molecule has 0 atom stereocenters. The molecule has 1 aliphatic rings. The Labute approximate surface area is 125 Å². The lowest BCUT2D eigenvalue weighted by Crippen LogP contribution is -2.16. The minimum absolute atomic E-state index is 0.215. The lowest BCUT2D eigenvalue weighted by molar-refractivity contribution is 0.102. The number of amides is 1. The molecule has 5 heteroatoms. The molecule has 0 fully saturated rings. The van der Waals surface area contributed by atoms with Crippen molar-refractivity contribution in [2.45, 2.75) is 12.8 Å². The Morgan fingerprint density at radius 3 is 3.10 bits per heavy atom. The molecule has 0 saturated carbocycles. The van der Waals surface area contributed by atoms with Gasteiger partial charge in [-0.1, -0.05) is 6.07 Å². The van der Waals surface area contributed by atoms with Gasteiger partial charge in [-0.05, 0) is 58.6 Å². The molecule has 3 rings (SSSR count). The topological polar surface area (TPSA) is 54.0 Å². The second kappa shape index (κ2) is 5.63. The average molecular weight is 332 g/mol. The van der Waals surface area contributed by atoms with E-state index in [1.807, 2.05) is 12.1 Å². The standard InChI is InChI=1S/C15H14BrN3O/c16-12-4-2-8-18-14(12)15(20)19-11-6-5-10-3-1-7-17-13(10)9-11/h2,4-6,8-9,17H,1,3,7H2,(H,19,20). The van der Waals surface area contributed by atoms with Gasteiger partial charge in [-0.3, -0.25) is 4.79 Å². The maximum atomic E-state index is 12.2. The number of aryl methyl sites for hydroxylation is 1. The van der Waals surface area contributed by atoms with Gasteiger partial charge in [0.15, 0.2) is 0 Å². The highest BCUT2D eigenvalue weighted by atomic mass is 79.9. The molecule has 0 aliphatic carbocycles. The van der Waals surface area contributed by atoms with E-state index in [9.17, 15) is 4.79 Å². The number of anilines is 2. The van der Waals surface area contributed by atoms with Crippen molar-refractivity contribution in [2.24, 2.45) is 0 Å². The molecular formula is C15H14BrN3O. The van der Waals surface area contributed by atoms with Crippen LogP contribution in [0.4, 0.5) is 11.4 Å². The van der Waals surface area contributed by atoms with E-state index in [1.165, 1.54) is 5.56 Å². The van der Waals surface area contributed by atoms with Crippen molar-refractivity contribution in [1.82, 2.24) is 4.98 Å². The summed E-state index contributed by atoms with van der Waals surface area (Å²) in [4.78, 5) is 16.3. The molecule has 1 aliphatic heterocycles. The van der Waals surface area contributed by atoms with Crippen molar-refractivity contribution in [1.29, 1.82) is 0 Å². The minimum atomic E-state index is -0.215. The number of hydrogen-bond donors (Lipinski definition) is 2. The van der Waals surface area contributed by atoms with E-state index < -0.39 is 0 Å². The number of nitrogens with one attached hydrogen (secondary N) is 2. The fourth-order valence-electron chi connectivity index (χ4n) is 2.28. The lowest BCUT2D eigenvalue weighted by Gasteiger charge is -2.18. The molecule has 0 saturated heterocycles. The number of nitrogens with zero attached hydrogens (tertiary/aromatic N) is 1. The molecule has 0 bridgehead atoms. The van der Waals surface area contributed by atoms with Gasteiger partial charge in [-0.15, -0.1) is 0 Å². The zero-order valence-electron chi connectivity index (χ0n) is 10.8. The van der Waals surface area contributed by atoms with Crippen molar-refractivity contribution in [3.63, 3.8) is 0 Å². The molecule has 2 heterocycles. The molecule has 102 valence electrons. The van der Waals surface area contributed by atoms with Gasteiger partial charge in [0.25, 0.3) is 5.91 Å². The summed E-state index contributed by atoms with van der Waals surface area (Å²) in [6.45, 7) is 0.982. The number of rotatable bonds is 2. The van der Waals surface area contributed by atoms with E-state index in [-0.39, 0.29) is 5.91 Å². The lowest BCUT2D eigenvalue weighted by atomic mass is 10.0. The first-order chi connectivity index (χ1) is 9.74. The van der Waals surface area contributed by atoms with E-state index in [4.69, 9.17) is 0 Å². The third-order valence-electron chi connectivity index (χ3n) is 3.28. The van der Waals surface area contributed by atoms with E-state index >= 15 is 0 Å². The second-order valence-electron chi connectivity index (χ2n) is 4.69. The van der Waals surface area contributed by atoms with Crippen LogP contribution in [0.2, 0.25) is 0 Å². The van der Waals surface area contributed by atoms with E-state index in [0.29, 0.717) is 10.2 Å². The summed E-state index contributed by atoms with van der Waals surface area (Å²) in [6.07, 6.45) is 3.84. The molecule has 2 N–H and O–H groups in total. The zero-order valence-corrected chi connectivity index (χ0v) is 12.4. The normalized spacial score (nSPS) is 13.2. The van der Waals surface area contributed by atoms with Crippen molar-refractivity contribution in [2.75, 3.05) is 17.2 Å². The van der Waals surface area contributed by atoms with Crippen molar-refractivity contribution in [3.8, 4) is 0 Å². The van der Waals surface area contributed by atoms with Gasteiger partial charge in [0.1, 0.15) is 5.69 Å². The molecule has 1 amide bonds. The smallest absolute Gasteiger partial charge is 0.275 e. The maximum absolute atomic E-state index is 12.2. The Hall–Kier alpha value is -1.88. The Kier molecular flexibility index (Phi) is 3.69. The van der Waals surface area contributed by atoms with Gasteiger partial charge in [-0.2, -0.15) is 0 Å². The number of fused-ring (bicyclic) bond motifs is 1. The van der Waals surface area contributed by atoms with Crippen LogP contribution < -0.4 is 10.6 Å². The molecule has 2 aromatic rings. The van der Waals surface area contributed by atoms with Crippen LogP contribution >= 0.6 is 15.9 Å². The Morgan fingerprint density at radius 1 is 1.35 bits per heavy atom. The Balaban J connectivity index is 1.81. The molecule has 1 aromatic carbocycles. The summed E-state index contributed by atoms with van der Waals surface area (Å²) in [5.41, 5.74) is 3.57. The quantitative estimate of drug-likeness (QED) is 0.886. The third kappa shape index (κ3) is 2.67. The van der Waals surface area contributed by atoms with Crippen LogP contribution in [0.1, 0.15) is 22.5 Å². The fraction of sp³-hybridized carbons (Fsp3) is 0.200. The predicted molar refractivity (Wildman–Crippen MR) is 83.1 cm³/mol. The van der Waals surface area contributed by atoms with Crippen molar-refractivity contribution < 1.29 is 4.79 Å². The summed E-state index contributed by atoms with van der Waals surface area (Å²) >= 11 is 3.33. The van der Waals surface area contributed by atoms with Crippen LogP contribution in [-0.4, -0.2) is 17.4 Å². The van der Waals surface area contributed by atoms with Gasteiger partial charge in [0.2, 0.25) is 0 Å². The summed E-state index contributed by atoms with van der Waals surface area (Å²) in [7, 11) is 0. The van der Waals surface area contributed by atoms with E-state index in [0.717, 1.165) is 30.8 Å². The molecule has 1 aromatic heterocycles. The highest BCUT2D eigenvalue weighted by molar-refractivity contribution is 9.10. The van der Waals surface area contributed by atoms with Gasteiger partial charge in [0.05, 0.1) is 0 Å². The number of carbonyl (C=O) groups excluding carboxylic acids is 1. The van der Waals surface area contributed by atoms with Crippen molar-refractivity contribution in [3.05, 3.63) is 52.3 Å². The van der Waals surface area contributed by atoms with Crippen LogP contribution in [0.25, 0.3) is 0 Å². The van der Waals surface area contributed by atoms with Crippen LogP contribution in [0.5, 0.6) is 0 Å². The Morgan fingerprint density at radius 2 is 2.25 bits per heavy atom. The number of halogens is 1. The average Bonchev–Trinajstić information content (AvgIpc) is 2.47. The SMILES string of the molecule is O=C(Nc1ccc2c(c1)NCCC2)c1ncccc1Br. The summed E-state index contributed by atoms with van der Waals surface area (Å²) in [6, 6.07) is 9.55. The number of carbonyl (C=O) groups is 1. The van der Waals surface area contributed by atoms with Gasteiger partial charge in [0, 0.05) is 28.6 Å². The summed E-state index contributed by atoms with van der Waals surface area (Å²) in [5, 5.41) is 6.23. The first-order valence-corrected chi connectivity index (χ1v) is 7.32. The largest absolute Gasteiger partial charge is 0.385 e. The number of aromatic nitrogens is 1. The first kappa shape index (κ1) is 13.1.